The Hall–Kier alpha value is -1.56. The number of halogens is 6. The summed E-state index contributed by atoms with van der Waals surface area (Å²) in [7, 11) is 0. The van der Waals surface area contributed by atoms with E-state index in [1.165, 1.54) is 0 Å². The first-order valence-corrected chi connectivity index (χ1v) is 4.90. The second-order valence-electron chi connectivity index (χ2n) is 3.11. The van der Waals surface area contributed by atoms with Crippen LogP contribution in [0.25, 0.3) is 0 Å². The number of nitrogens with one attached hydrogen (secondary N) is 2. The van der Waals surface area contributed by atoms with E-state index in [4.69, 9.17) is 19.8 Å². The molecule has 1 aliphatic heterocycles. The standard InChI is InChI=1S/C4H10N2.2C2HF3O2/c1-2-6-4-3-5-1;2*3-2(4,5)1(6)7/h5-6H,1-4H2;2*(H,6,7). The Balaban J connectivity index is 0. The van der Waals surface area contributed by atoms with Crippen molar-refractivity contribution in [3.63, 3.8) is 0 Å². The van der Waals surface area contributed by atoms with Crippen molar-refractivity contribution < 1.29 is 46.1 Å². The topological polar surface area (TPSA) is 98.7 Å². The first-order valence-electron chi connectivity index (χ1n) is 4.90. The minimum Gasteiger partial charge on any atom is -0.475 e. The summed E-state index contributed by atoms with van der Waals surface area (Å²) in [4.78, 5) is 17.8. The highest BCUT2D eigenvalue weighted by Crippen LogP contribution is 2.13. The molecule has 0 unspecified atom stereocenters. The molecule has 1 saturated heterocycles. The Morgan fingerprint density at radius 1 is 0.700 bits per heavy atom. The van der Waals surface area contributed by atoms with Crippen LogP contribution in [-0.4, -0.2) is 60.7 Å². The summed E-state index contributed by atoms with van der Waals surface area (Å²) in [6.07, 6.45) is -10.2. The number of carboxylic acids is 2. The lowest BCUT2D eigenvalue weighted by Gasteiger charge is -2.11. The fourth-order valence-electron chi connectivity index (χ4n) is 0.604. The maximum atomic E-state index is 10.6. The fourth-order valence-corrected chi connectivity index (χ4v) is 0.604. The quantitative estimate of drug-likeness (QED) is 0.485. The van der Waals surface area contributed by atoms with Crippen LogP contribution in [0.2, 0.25) is 0 Å². The van der Waals surface area contributed by atoms with E-state index in [-0.39, 0.29) is 0 Å². The number of rotatable bonds is 0. The van der Waals surface area contributed by atoms with Gasteiger partial charge >= 0.3 is 24.3 Å². The number of hydrogen-bond acceptors (Lipinski definition) is 4. The molecule has 0 aromatic heterocycles. The lowest BCUT2D eigenvalue weighted by atomic mass is 10.4. The zero-order valence-electron chi connectivity index (χ0n) is 9.81. The van der Waals surface area contributed by atoms with Gasteiger partial charge in [0.05, 0.1) is 0 Å². The third-order valence-corrected chi connectivity index (χ3v) is 1.44. The summed E-state index contributed by atoms with van der Waals surface area (Å²) in [5.41, 5.74) is 0. The Kier molecular flexibility index (Phi) is 9.71. The van der Waals surface area contributed by atoms with Crippen LogP contribution in [-0.2, 0) is 9.59 Å². The van der Waals surface area contributed by atoms with Crippen molar-refractivity contribution in [3.8, 4) is 0 Å². The van der Waals surface area contributed by atoms with Gasteiger partial charge in [-0.25, -0.2) is 9.59 Å². The lowest BCUT2D eigenvalue weighted by molar-refractivity contribution is -0.193. The van der Waals surface area contributed by atoms with Crippen LogP contribution >= 0.6 is 0 Å². The molecule has 0 radical (unpaired) electrons. The number of aliphatic carboxylic acids is 2. The molecule has 1 fully saturated rings. The number of piperazine rings is 1. The summed E-state index contributed by atoms with van der Waals surface area (Å²) < 4.78 is 63.5. The molecule has 0 spiro atoms. The van der Waals surface area contributed by atoms with Crippen LogP contribution in [0, 0.1) is 0 Å². The van der Waals surface area contributed by atoms with Crippen molar-refractivity contribution in [2.24, 2.45) is 0 Å². The molecule has 0 aromatic carbocycles. The largest absolute Gasteiger partial charge is 0.490 e. The van der Waals surface area contributed by atoms with Gasteiger partial charge in [0.2, 0.25) is 0 Å². The number of carboxylic acid groups (broad SMARTS) is 2. The molecule has 1 rings (SSSR count). The van der Waals surface area contributed by atoms with Crippen LogP contribution in [0.5, 0.6) is 0 Å². The van der Waals surface area contributed by atoms with Crippen LogP contribution in [0.4, 0.5) is 26.3 Å². The van der Waals surface area contributed by atoms with Crippen molar-refractivity contribution in [2.75, 3.05) is 26.2 Å². The third kappa shape index (κ3) is 14.5. The first-order chi connectivity index (χ1) is 8.89. The van der Waals surface area contributed by atoms with Gasteiger partial charge in [0.1, 0.15) is 0 Å². The highest BCUT2D eigenvalue weighted by Gasteiger charge is 2.38. The van der Waals surface area contributed by atoms with Gasteiger partial charge in [-0.05, 0) is 0 Å². The highest BCUT2D eigenvalue weighted by atomic mass is 19.4. The van der Waals surface area contributed by atoms with Gasteiger partial charge in [-0.2, -0.15) is 26.3 Å². The van der Waals surface area contributed by atoms with Gasteiger partial charge < -0.3 is 20.8 Å². The van der Waals surface area contributed by atoms with Crippen molar-refractivity contribution in [2.45, 2.75) is 12.4 Å². The maximum absolute atomic E-state index is 10.6. The van der Waals surface area contributed by atoms with Crippen molar-refractivity contribution in [3.05, 3.63) is 0 Å². The number of carbonyl (C=O) groups is 2. The van der Waals surface area contributed by atoms with Crippen molar-refractivity contribution in [1.82, 2.24) is 10.6 Å². The molecule has 0 aromatic rings. The summed E-state index contributed by atoms with van der Waals surface area (Å²) in [6, 6.07) is 0. The molecule has 0 aliphatic carbocycles. The van der Waals surface area contributed by atoms with Gasteiger partial charge in [0, 0.05) is 26.2 Å². The van der Waals surface area contributed by atoms with Crippen LogP contribution in [0.15, 0.2) is 0 Å². The normalized spacial score (nSPS) is 15.1. The average molecular weight is 314 g/mol. The zero-order chi connectivity index (χ0) is 16.4. The molecule has 1 heterocycles. The maximum Gasteiger partial charge on any atom is 0.490 e. The fraction of sp³-hybridized carbons (Fsp3) is 0.750. The Labute approximate surface area is 108 Å². The second kappa shape index (κ2) is 9.36. The Morgan fingerprint density at radius 2 is 0.850 bits per heavy atom. The lowest BCUT2D eigenvalue weighted by Crippen LogP contribution is -2.39. The van der Waals surface area contributed by atoms with E-state index < -0.39 is 24.3 Å². The minimum atomic E-state index is -5.08. The molecular formula is C8H12F6N2O4. The molecule has 4 N–H and O–H groups in total. The molecule has 1 aliphatic rings. The molecule has 0 amide bonds. The smallest absolute Gasteiger partial charge is 0.475 e. The van der Waals surface area contributed by atoms with E-state index in [0.717, 1.165) is 26.2 Å². The van der Waals surface area contributed by atoms with Gasteiger partial charge in [-0.15, -0.1) is 0 Å². The minimum absolute atomic E-state index is 1.14. The van der Waals surface area contributed by atoms with Gasteiger partial charge in [-0.3, -0.25) is 0 Å². The molecule has 0 atom stereocenters. The van der Waals surface area contributed by atoms with Crippen molar-refractivity contribution >= 4 is 11.9 Å². The van der Waals surface area contributed by atoms with E-state index in [1.54, 1.807) is 0 Å². The van der Waals surface area contributed by atoms with Gasteiger partial charge in [-0.1, -0.05) is 0 Å². The SMILES string of the molecule is C1CNCCN1.O=C(O)C(F)(F)F.O=C(O)C(F)(F)F. The second-order valence-corrected chi connectivity index (χ2v) is 3.11. The molecule has 12 heteroatoms. The average Bonchev–Trinajstić information content (AvgIpc) is 2.30. The van der Waals surface area contributed by atoms with Crippen LogP contribution < -0.4 is 10.6 Å². The monoisotopic (exact) mass is 314 g/mol. The molecule has 0 saturated carbocycles. The number of hydrogen-bond donors (Lipinski definition) is 4. The zero-order valence-corrected chi connectivity index (χ0v) is 9.81. The molecular weight excluding hydrogens is 302 g/mol. The van der Waals surface area contributed by atoms with Crippen molar-refractivity contribution in [1.29, 1.82) is 0 Å². The van der Waals surface area contributed by atoms with E-state index >= 15 is 0 Å². The molecule has 120 valence electrons. The number of alkyl halides is 6. The summed E-state index contributed by atoms with van der Waals surface area (Å²) in [5.74, 6) is -5.51. The van der Waals surface area contributed by atoms with E-state index in [1.807, 2.05) is 0 Å². The van der Waals surface area contributed by atoms with Gasteiger partial charge in [0.15, 0.2) is 0 Å². The molecule has 0 bridgehead atoms. The first kappa shape index (κ1) is 20.8. The molecule has 20 heavy (non-hydrogen) atoms. The third-order valence-electron chi connectivity index (χ3n) is 1.44. The van der Waals surface area contributed by atoms with Crippen LogP contribution in [0.1, 0.15) is 0 Å². The van der Waals surface area contributed by atoms with Gasteiger partial charge in [0.25, 0.3) is 0 Å². The summed E-state index contributed by atoms with van der Waals surface area (Å²) in [6.45, 7) is 4.56. The highest BCUT2D eigenvalue weighted by molar-refractivity contribution is 5.73. The summed E-state index contributed by atoms with van der Waals surface area (Å²) in [5, 5.41) is 20.7. The predicted octanol–water partition coefficient (Wildman–Crippen LogP) is 0.446. The summed E-state index contributed by atoms with van der Waals surface area (Å²) >= 11 is 0. The van der Waals surface area contributed by atoms with E-state index in [2.05, 4.69) is 10.6 Å². The molecule has 6 nitrogen and oxygen atoms in total. The Bertz CT molecular complexity index is 265. The predicted molar refractivity (Wildman–Crippen MR) is 53.1 cm³/mol. The van der Waals surface area contributed by atoms with E-state index in [0.29, 0.717) is 0 Å². The Morgan fingerprint density at radius 3 is 0.900 bits per heavy atom. The van der Waals surface area contributed by atoms with Crippen LogP contribution in [0.3, 0.4) is 0 Å². The van der Waals surface area contributed by atoms with E-state index in [9.17, 15) is 26.3 Å².